The fourth-order valence-corrected chi connectivity index (χ4v) is 1.35. The molecule has 0 heterocycles. The SMILES string of the molecule is CCOC(=O)NCc1ccc(NC(=O)OCC)cc1. The van der Waals surface area contributed by atoms with E-state index in [1.54, 1.807) is 38.1 Å². The summed E-state index contributed by atoms with van der Waals surface area (Å²) in [5.41, 5.74) is 1.54. The summed E-state index contributed by atoms with van der Waals surface area (Å²) in [7, 11) is 0. The fourth-order valence-electron chi connectivity index (χ4n) is 1.35. The molecule has 0 aliphatic rings. The first-order valence-electron chi connectivity index (χ1n) is 6.09. The van der Waals surface area contributed by atoms with E-state index in [4.69, 9.17) is 9.47 Å². The van der Waals surface area contributed by atoms with Crippen molar-refractivity contribution in [1.29, 1.82) is 0 Å². The normalized spacial score (nSPS) is 9.58. The number of ether oxygens (including phenoxy) is 2. The summed E-state index contributed by atoms with van der Waals surface area (Å²) in [4.78, 5) is 22.3. The molecular formula is C13H18N2O4. The number of alkyl carbamates (subject to hydrolysis) is 1. The van der Waals surface area contributed by atoms with Crippen molar-refractivity contribution in [2.75, 3.05) is 18.5 Å². The summed E-state index contributed by atoms with van der Waals surface area (Å²) in [6.07, 6.45) is -0.934. The van der Waals surface area contributed by atoms with Gasteiger partial charge in [-0.2, -0.15) is 0 Å². The van der Waals surface area contributed by atoms with E-state index >= 15 is 0 Å². The van der Waals surface area contributed by atoms with Crippen LogP contribution in [0.3, 0.4) is 0 Å². The highest BCUT2D eigenvalue weighted by molar-refractivity contribution is 5.84. The molecular weight excluding hydrogens is 248 g/mol. The van der Waals surface area contributed by atoms with Gasteiger partial charge in [0.2, 0.25) is 0 Å². The second-order valence-electron chi connectivity index (χ2n) is 3.62. The van der Waals surface area contributed by atoms with E-state index in [2.05, 4.69) is 10.6 Å². The number of benzene rings is 1. The summed E-state index contributed by atoms with van der Waals surface area (Å²) in [6.45, 7) is 4.53. The van der Waals surface area contributed by atoms with Gasteiger partial charge in [0.05, 0.1) is 13.2 Å². The van der Waals surface area contributed by atoms with Crippen LogP contribution in [-0.2, 0) is 16.0 Å². The van der Waals surface area contributed by atoms with Crippen LogP contribution in [0.25, 0.3) is 0 Å². The molecule has 0 atom stereocenters. The number of carbonyl (C=O) groups is 2. The first-order valence-corrected chi connectivity index (χ1v) is 6.09. The Morgan fingerprint density at radius 1 is 1.00 bits per heavy atom. The zero-order valence-electron chi connectivity index (χ0n) is 11.1. The maximum absolute atomic E-state index is 11.2. The number of carbonyl (C=O) groups excluding carboxylic acids is 2. The number of rotatable bonds is 5. The van der Waals surface area contributed by atoms with Crippen LogP contribution in [0.4, 0.5) is 15.3 Å². The smallest absolute Gasteiger partial charge is 0.411 e. The summed E-state index contributed by atoms with van der Waals surface area (Å²) in [5, 5.41) is 5.19. The third kappa shape index (κ3) is 5.76. The first-order chi connectivity index (χ1) is 9.15. The maximum atomic E-state index is 11.2. The minimum Gasteiger partial charge on any atom is -0.450 e. The highest BCUT2D eigenvalue weighted by Crippen LogP contribution is 2.09. The molecule has 1 aromatic rings. The molecule has 104 valence electrons. The molecule has 0 spiro atoms. The molecule has 0 bridgehead atoms. The second kappa shape index (κ2) is 7.97. The molecule has 0 fully saturated rings. The van der Waals surface area contributed by atoms with Crippen molar-refractivity contribution in [3.05, 3.63) is 29.8 Å². The average molecular weight is 266 g/mol. The Kier molecular flexibility index (Phi) is 6.21. The summed E-state index contributed by atoms with van der Waals surface area (Å²) in [6, 6.07) is 7.07. The van der Waals surface area contributed by atoms with E-state index in [9.17, 15) is 9.59 Å². The number of nitrogens with one attached hydrogen (secondary N) is 2. The van der Waals surface area contributed by atoms with Gasteiger partial charge in [0.25, 0.3) is 0 Å². The standard InChI is InChI=1S/C13H18N2O4/c1-3-18-12(16)14-9-10-5-7-11(8-6-10)15-13(17)19-4-2/h5-8H,3-4,9H2,1-2H3,(H,14,16)(H,15,17). The molecule has 2 N–H and O–H groups in total. The lowest BCUT2D eigenvalue weighted by Crippen LogP contribution is -2.23. The van der Waals surface area contributed by atoms with Crippen molar-refractivity contribution in [3.8, 4) is 0 Å². The predicted octanol–water partition coefficient (Wildman–Crippen LogP) is 2.50. The third-order valence-corrected chi connectivity index (χ3v) is 2.19. The van der Waals surface area contributed by atoms with Gasteiger partial charge in [0, 0.05) is 12.2 Å². The van der Waals surface area contributed by atoms with Gasteiger partial charge in [-0.25, -0.2) is 9.59 Å². The van der Waals surface area contributed by atoms with Crippen molar-refractivity contribution in [1.82, 2.24) is 5.32 Å². The number of hydrogen-bond acceptors (Lipinski definition) is 4. The largest absolute Gasteiger partial charge is 0.450 e. The summed E-state index contributed by atoms with van der Waals surface area (Å²) < 4.78 is 9.50. The molecule has 1 aromatic carbocycles. The van der Waals surface area contributed by atoms with Crippen LogP contribution in [0.5, 0.6) is 0 Å². The molecule has 0 radical (unpaired) electrons. The van der Waals surface area contributed by atoms with Crippen molar-refractivity contribution in [3.63, 3.8) is 0 Å². The molecule has 0 saturated carbocycles. The van der Waals surface area contributed by atoms with Crippen LogP contribution < -0.4 is 10.6 Å². The summed E-state index contributed by atoms with van der Waals surface area (Å²) >= 11 is 0. The zero-order chi connectivity index (χ0) is 14.1. The first kappa shape index (κ1) is 14.8. The Morgan fingerprint density at radius 2 is 1.58 bits per heavy atom. The van der Waals surface area contributed by atoms with Crippen molar-refractivity contribution < 1.29 is 19.1 Å². The number of hydrogen-bond donors (Lipinski definition) is 2. The van der Waals surface area contributed by atoms with E-state index in [-0.39, 0.29) is 0 Å². The Balaban J connectivity index is 2.43. The van der Waals surface area contributed by atoms with Gasteiger partial charge in [0.1, 0.15) is 0 Å². The van der Waals surface area contributed by atoms with E-state index in [0.717, 1.165) is 5.56 Å². The molecule has 2 amide bonds. The third-order valence-electron chi connectivity index (χ3n) is 2.19. The van der Waals surface area contributed by atoms with Crippen LogP contribution >= 0.6 is 0 Å². The van der Waals surface area contributed by atoms with Gasteiger partial charge < -0.3 is 14.8 Å². The molecule has 6 heteroatoms. The fraction of sp³-hybridized carbons (Fsp3) is 0.385. The minimum atomic E-state index is -0.486. The van der Waals surface area contributed by atoms with E-state index < -0.39 is 12.2 Å². The molecule has 19 heavy (non-hydrogen) atoms. The van der Waals surface area contributed by atoms with Crippen LogP contribution in [0.15, 0.2) is 24.3 Å². The lowest BCUT2D eigenvalue weighted by molar-refractivity contribution is 0.151. The number of amides is 2. The maximum Gasteiger partial charge on any atom is 0.411 e. The van der Waals surface area contributed by atoms with Crippen molar-refractivity contribution in [2.45, 2.75) is 20.4 Å². The lowest BCUT2D eigenvalue weighted by Gasteiger charge is -2.07. The predicted molar refractivity (Wildman–Crippen MR) is 70.9 cm³/mol. The van der Waals surface area contributed by atoms with E-state index in [0.29, 0.717) is 25.4 Å². The van der Waals surface area contributed by atoms with Crippen LogP contribution in [-0.4, -0.2) is 25.4 Å². The Hall–Kier alpha value is -2.24. The van der Waals surface area contributed by atoms with Crippen molar-refractivity contribution in [2.24, 2.45) is 0 Å². The molecule has 0 aliphatic carbocycles. The van der Waals surface area contributed by atoms with Crippen LogP contribution in [0.2, 0.25) is 0 Å². The zero-order valence-corrected chi connectivity index (χ0v) is 11.1. The molecule has 0 aliphatic heterocycles. The Bertz CT molecular complexity index is 417. The van der Waals surface area contributed by atoms with E-state index in [1.807, 2.05) is 0 Å². The van der Waals surface area contributed by atoms with Gasteiger partial charge in [-0.15, -0.1) is 0 Å². The quantitative estimate of drug-likeness (QED) is 0.858. The van der Waals surface area contributed by atoms with Gasteiger partial charge in [-0.1, -0.05) is 12.1 Å². The highest BCUT2D eigenvalue weighted by atomic mass is 16.5. The highest BCUT2D eigenvalue weighted by Gasteiger charge is 2.03. The molecule has 1 rings (SSSR count). The molecule has 6 nitrogen and oxygen atoms in total. The molecule has 0 unspecified atom stereocenters. The average Bonchev–Trinajstić information content (AvgIpc) is 2.38. The van der Waals surface area contributed by atoms with Gasteiger partial charge in [-0.3, -0.25) is 5.32 Å². The Morgan fingerprint density at radius 3 is 2.16 bits per heavy atom. The molecule has 0 aromatic heterocycles. The van der Waals surface area contributed by atoms with Gasteiger partial charge in [-0.05, 0) is 31.5 Å². The van der Waals surface area contributed by atoms with Crippen LogP contribution in [0.1, 0.15) is 19.4 Å². The lowest BCUT2D eigenvalue weighted by atomic mass is 10.2. The second-order valence-corrected chi connectivity index (χ2v) is 3.62. The number of anilines is 1. The van der Waals surface area contributed by atoms with E-state index in [1.165, 1.54) is 0 Å². The van der Waals surface area contributed by atoms with Crippen LogP contribution in [0, 0.1) is 0 Å². The monoisotopic (exact) mass is 266 g/mol. The summed E-state index contributed by atoms with van der Waals surface area (Å²) in [5.74, 6) is 0. The van der Waals surface area contributed by atoms with Crippen molar-refractivity contribution >= 4 is 17.9 Å². The van der Waals surface area contributed by atoms with Gasteiger partial charge in [0.15, 0.2) is 0 Å². The van der Waals surface area contributed by atoms with Gasteiger partial charge >= 0.3 is 12.2 Å². The minimum absolute atomic E-state index is 0.327. The topological polar surface area (TPSA) is 76.7 Å². The Labute approximate surface area is 112 Å². The molecule has 0 saturated heterocycles.